The van der Waals surface area contributed by atoms with Gasteiger partial charge in [0, 0.05) is 48.6 Å². The van der Waals surface area contributed by atoms with Crippen molar-refractivity contribution >= 4 is 27.7 Å². The molecule has 29 heavy (non-hydrogen) atoms. The molecule has 3 heterocycles. The van der Waals surface area contributed by atoms with E-state index in [0.717, 1.165) is 15.6 Å². The Hall–Kier alpha value is -3.00. The van der Waals surface area contributed by atoms with Crippen molar-refractivity contribution in [1.82, 2.24) is 25.0 Å². The fraction of sp³-hybridized carbons (Fsp3) is 0.238. The highest BCUT2D eigenvalue weighted by Gasteiger charge is 2.26. The average Bonchev–Trinajstić information content (AvgIpc) is 3.26. The Morgan fingerprint density at radius 3 is 2.52 bits per heavy atom. The number of pyridine rings is 1. The number of aromatic amines is 1. The quantitative estimate of drug-likeness (QED) is 0.658. The third kappa shape index (κ3) is 4.37. The van der Waals surface area contributed by atoms with Crippen LogP contribution in [0.15, 0.2) is 59.3 Å². The number of carbonyl (C=O) groups excluding carboxylic acids is 2. The van der Waals surface area contributed by atoms with E-state index in [0.29, 0.717) is 44.0 Å². The number of carbonyl (C=O) groups is 2. The van der Waals surface area contributed by atoms with E-state index >= 15 is 0 Å². The number of H-pyrrole nitrogens is 1. The first-order valence-corrected chi connectivity index (χ1v) is 10.2. The number of halogens is 1. The number of nitrogens with one attached hydrogen (secondary N) is 1. The first kappa shape index (κ1) is 19.3. The second-order valence-electron chi connectivity index (χ2n) is 6.85. The smallest absolute Gasteiger partial charge is 0.272 e. The SMILES string of the molecule is O=C(Cc1ccccc1Br)N1CCN(C(=O)c2cc(-c3cccnc3)n[nH]2)CC1. The van der Waals surface area contributed by atoms with Crippen LogP contribution in [0.5, 0.6) is 0 Å². The summed E-state index contributed by atoms with van der Waals surface area (Å²) in [5.74, 6) is -0.0325. The monoisotopic (exact) mass is 453 g/mol. The van der Waals surface area contributed by atoms with Crippen LogP contribution >= 0.6 is 15.9 Å². The fourth-order valence-corrected chi connectivity index (χ4v) is 3.76. The number of hydrogen-bond acceptors (Lipinski definition) is 4. The van der Waals surface area contributed by atoms with Crippen molar-refractivity contribution in [3.8, 4) is 11.3 Å². The molecular weight excluding hydrogens is 434 g/mol. The van der Waals surface area contributed by atoms with Gasteiger partial charge in [-0.2, -0.15) is 5.10 Å². The zero-order valence-corrected chi connectivity index (χ0v) is 17.3. The Labute approximate surface area is 176 Å². The summed E-state index contributed by atoms with van der Waals surface area (Å²) >= 11 is 3.49. The molecule has 0 saturated carbocycles. The van der Waals surface area contributed by atoms with E-state index in [9.17, 15) is 9.59 Å². The maximum atomic E-state index is 12.8. The van der Waals surface area contributed by atoms with E-state index in [4.69, 9.17) is 0 Å². The summed E-state index contributed by atoms with van der Waals surface area (Å²) in [7, 11) is 0. The van der Waals surface area contributed by atoms with Crippen LogP contribution in [0.3, 0.4) is 0 Å². The van der Waals surface area contributed by atoms with Crippen LogP contribution in [0.1, 0.15) is 16.1 Å². The van der Waals surface area contributed by atoms with Gasteiger partial charge in [-0.05, 0) is 29.8 Å². The molecule has 3 aromatic rings. The second kappa shape index (κ2) is 8.57. The van der Waals surface area contributed by atoms with E-state index in [2.05, 4.69) is 31.1 Å². The number of piperazine rings is 1. The molecule has 1 aliphatic heterocycles. The van der Waals surface area contributed by atoms with Crippen molar-refractivity contribution in [3.63, 3.8) is 0 Å². The molecule has 0 bridgehead atoms. The average molecular weight is 454 g/mol. The van der Waals surface area contributed by atoms with Crippen LogP contribution in [0.2, 0.25) is 0 Å². The number of hydrogen-bond donors (Lipinski definition) is 1. The van der Waals surface area contributed by atoms with E-state index in [-0.39, 0.29) is 11.8 Å². The highest BCUT2D eigenvalue weighted by molar-refractivity contribution is 9.10. The number of rotatable bonds is 4. The molecule has 148 valence electrons. The molecule has 1 saturated heterocycles. The van der Waals surface area contributed by atoms with Crippen molar-refractivity contribution in [2.75, 3.05) is 26.2 Å². The van der Waals surface area contributed by atoms with Gasteiger partial charge in [-0.15, -0.1) is 0 Å². The second-order valence-corrected chi connectivity index (χ2v) is 7.70. The van der Waals surface area contributed by atoms with Crippen molar-refractivity contribution in [2.45, 2.75) is 6.42 Å². The van der Waals surface area contributed by atoms with Crippen LogP contribution in [-0.2, 0) is 11.2 Å². The minimum atomic E-state index is -0.106. The van der Waals surface area contributed by atoms with E-state index in [1.807, 2.05) is 41.3 Å². The topological polar surface area (TPSA) is 82.2 Å². The molecule has 4 rings (SSSR count). The van der Waals surface area contributed by atoms with E-state index in [1.54, 1.807) is 23.4 Å². The number of nitrogens with zero attached hydrogens (tertiary/aromatic N) is 4. The van der Waals surface area contributed by atoms with Gasteiger partial charge in [0.05, 0.1) is 12.1 Å². The molecule has 1 aromatic carbocycles. The van der Waals surface area contributed by atoms with Gasteiger partial charge in [-0.25, -0.2) is 0 Å². The largest absolute Gasteiger partial charge is 0.339 e. The predicted octanol–water partition coefficient (Wildman–Crippen LogP) is 2.76. The lowest BCUT2D eigenvalue weighted by Gasteiger charge is -2.34. The molecule has 0 atom stereocenters. The third-order valence-electron chi connectivity index (χ3n) is 4.98. The Morgan fingerprint density at radius 1 is 1.03 bits per heavy atom. The van der Waals surface area contributed by atoms with Crippen LogP contribution < -0.4 is 0 Å². The van der Waals surface area contributed by atoms with Gasteiger partial charge in [0.15, 0.2) is 0 Å². The molecule has 8 heteroatoms. The number of benzene rings is 1. The molecule has 1 N–H and O–H groups in total. The maximum Gasteiger partial charge on any atom is 0.272 e. The summed E-state index contributed by atoms with van der Waals surface area (Å²) in [5.41, 5.74) is 2.95. The minimum absolute atomic E-state index is 0.0735. The van der Waals surface area contributed by atoms with Crippen LogP contribution in [0.25, 0.3) is 11.3 Å². The Morgan fingerprint density at radius 2 is 1.79 bits per heavy atom. The molecule has 1 aliphatic rings. The number of aromatic nitrogens is 3. The molecule has 2 aromatic heterocycles. The third-order valence-corrected chi connectivity index (χ3v) is 5.76. The highest BCUT2D eigenvalue weighted by atomic mass is 79.9. The van der Waals surface area contributed by atoms with Crippen molar-refractivity contribution in [1.29, 1.82) is 0 Å². The van der Waals surface area contributed by atoms with Gasteiger partial charge in [-0.1, -0.05) is 34.1 Å². The van der Waals surface area contributed by atoms with E-state index < -0.39 is 0 Å². The van der Waals surface area contributed by atoms with Gasteiger partial charge in [0.1, 0.15) is 5.69 Å². The lowest BCUT2D eigenvalue weighted by Crippen LogP contribution is -2.51. The fourth-order valence-electron chi connectivity index (χ4n) is 3.34. The first-order chi connectivity index (χ1) is 14.1. The van der Waals surface area contributed by atoms with Crippen molar-refractivity contribution in [3.05, 3.63) is 70.6 Å². The van der Waals surface area contributed by atoms with E-state index in [1.165, 1.54) is 0 Å². The molecule has 2 amide bonds. The molecular formula is C21H20BrN5O2. The molecule has 0 unspecified atom stereocenters. The van der Waals surface area contributed by atoms with Crippen LogP contribution in [0, 0.1) is 0 Å². The summed E-state index contributed by atoms with van der Waals surface area (Å²) in [6.07, 6.45) is 3.75. The zero-order chi connectivity index (χ0) is 20.2. The summed E-state index contributed by atoms with van der Waals surface area (Å²) in [6.45, 7) is 2.06. The van der Waals surface area contributed by atoms with Gasteiger partial charge in [-0.3, -0.25) is 19.7 Å². The number of amides is 2. The van der Waals surface area contributed by atoms with Gasteiger partial charge in [0.2, 0.25) is 5.91 Å². The van der Waals surface area contributed by atoms with Crippen LogP contribution in [-0.4, -0.2) is 63.0 Å². The maximum absolute atomic E-state index is 12.8. The zero-order valence-electron chi connectivity index (χ0n) is 15.7. The van der Waals surface area contributed by atoms with Crippen molar-refractivity contribution in [2.24, 2.45) is 0 Å². The standard InChI is InChI=1S/C21H20BrN5O2/c22-17-6-2-1-4-15(17)12-20(28)26-8-10-27(11-9-26)21(29)19-13-18(24-25-19)16-5-3-7-23-14-16/h1-7,13-14H,8-12H2,(H,24,25). The summed E-state index contributed by atoms with van der Waals surface area (Å²) in [6, 6.07) is 13.2. The van der Waals surface area contributed by atoms with Gasteiger partial charge >= 0.3 is 0 Å². The normalized spacial score (nSPS) is 14.1. The lowest BCUT2D eigenvalue weighted by molar-refractivity contribution is -0.131. The highest BCUT2D eigenvalue weighted by Crippen LogP contribution is 2.19. The Kier molecular flexibility index (Phi) is 5.71. The molecule has 7 nitrogen and oxygen atoms in total. The Bertz CT molecular complexity index is 1010. The van der Waals surface area contributed by atoms with Crippen molar-refractivity contribution < 1.29 is 9.59 Å². The molecule has 0 radical (unpaired) electrons. The predicted molar refractivity (Wildman–Crippen MR) is 112 cm³/mol. The summed E-state index contributed by atoms with van der Waals surface area (Å²) in [5, 5.41) is 7.04. The van der Waals surface area contributed by atoms with Crippen LogP contribution in [0.4, 0.5) is 0 Å². The Balaban J connectivity index is 1.35. The summed E-state index contributed by atoms with van der Waals surface area (Å²) in [4.78, 5) is 33.0. The summed E-state index contributed by atoms with van der Waals surface area (Å²) < 4.78 is 0.936. The molecule has 0 aliphatic carbocycles. The minimum Gasteiger partial charge on any atom is -0.339 e. The van der Waals surface area contributed by atoms with Gasteiger partial charge in [0.25, 0.3) is 5.91 Å². The lowest BCUT2D eigenvalue weighted by atomic mass is 10.1. The van der Waals surface area contributed by atoms with Gasteiger partial charge < -0.3 is 9.80 Å². The molecule has 0 spiro atoms. The first-order valence-electron chi connectivity index (χ1n) is 9.38. The molecule has 1 fully saturated rings.